The molecule has 0 rings (SSSR count). The predicted molar refractivity (Wildman–Crippen MR) is 60.4 cm³/mol. The molecule has 88 valence electrons. The standard InChI is InChI=1S/C8H18O.C4H9O.Na/c1-7(2,3)9-8(4,5)6;1-2-3-4-5;/h1-6H3;2-4H2,1H3;/q;-1;+1. The van der Waals surface area contributed by atoms with Gasteiger partial charge in [0.15, 0.2) is 0 Å². The summed E-state index contributed by atoms with van der Waals surface area (Å²) in [7, 11) is 0. The summed E-state index contributed by atoms with van der Waals surface area (Å²) in [6.45, 7) is 14.5. The summed E-state index contributed by atoms with van der Waals surface area (Å²) in [4.78, 5) is 0. The van der Waals surface area contributed by atoms with E-state index in [4.69, 9.17) is 4.74 Å². The van der Waals surface area contributed by atoms with Crippen molar-refractivity contribution in [2.45, 2.75) is 72.5 Å². The molecule has 2 nitrogen and oxygen atoms in total. The number of ether oxygens (including phenoxy) is 1. The smallest absolute Gasteiger partial charge is 0.854 e. The number of hydrogen-bond donors (Lipinski definition) is 0. The Morgan fingerprint density at radius 2 is 1.27 bits per heavy atom. The van der Waals surface area contributed by atoms with Crippen molar-refractivity contribution >= 4 is 0 Å². The minimum absolute atomic E-state index is 0. The molecule has 0 heterocycles. The molecule has 0 saturated carbocycles. The molecule has 0 saturated heterocycles. The molecule has 0 aromatic carbocycles. The molecule has 0 amide bonds. The molecule has 3 heteroatoms. The first-order valence-corrected chi connectivity index (χ1v) is 5.40. The molecular weight excluding hydrogens is 199 g/mol. The Morgan fingerprint density at radius 3 is 1.27 bits per heavy atom. The number of unbranched alkanes of at least 4 members (excludes halogenated alkanes) is 1. The topological polar surface area (TPSA) is 32.3 Å². The van der Waals surface area contributed by atoms with Gasteiger partial charge in [0.25, 0.3) is 0 Å². The maximum atomic E-state index is 9.53. The van der Waals surface area contributed by atoms with Crippen LogP contribution in [0.3, 0.4) is 0 Å². The molecule has 0 N–H and O–H groups in total. The van der Waals surface area contributed by atoms with Crippen LogP contribution in [0.25, 0.3) is 0 Å². The fourth-order valence-corrected chi connectivity index (χ4v) is 1.06. The summed E-state index contributed by atoms with van der Waals surface area (Å²) >= 11 is 0. The van der Waals surface area contributed by atoms with Crippen molar-refractivity contribution in [1.82, 2.24) is 0 Å². The van der Waals surface area contributed by atoms with E-state index in [1.54, 1.807) is 0 Å². The van der Waals surface area contributed by atoms with Crippen LogP contribution in [0.4, 0.5) is 0 Å². The first-order valence-electron chi connectivity index (χ1n) is 5.40. The van der Waals surface area contributed by atoms with Crippen LogP contribution in [-0.2, 0) is 4.74 Å². The van der Waals surface area contributed by atoms with Crippen molar-refractivity contribution in [2.24, 2.45) is 0 Å². The molecule has 0 aromatic rings. The minimum Gasteiger partial charge on any atom is -0.854 e. The van der Waals surface area contributed by atoms with E-state index in [1.165, 1.54) is 0 Å². The molecule has 0 radical (unpaired) electrons. The summed E-state index contributed by atoms with van der Waals surface area (Å²) in [6.07, 6.45) is 1.86. The van der Waals surface area contributed by atoms with Crippen molar-refractivity contribution < 1.29 is 39.4 Å². The zero-order valence-corrected chi connectivity index (χ0v) is 13.9. The van der Waals surface area contributed by atoms with Gasteiger partial charge in [0.1, 0.15) is 0 Å². The Balaban J connectivity index is -0.000000208. The van der Waals surface area contributed by atoms with Crippen LogP contribution >= 0.6 is 0 Å². The minimum atomic E-state index is -0.0156. The first kappa shape index (κ1) is 21.2. The Bertz CT molecular complexity index is 109. The predicted octanol–water partition coefficient (Wildman–Crippen LogP) is -0.249. The largest absolute Gasteiger partial charge is 1.00 e. The molecule has 0 bridgehead atoms. The second-order valence-electron chi connectivity index (χ2n) is 5.38. The normalized spacial score (nSPS) is 11.2. The fourth-order valence-electron chi connectivity index (χ4n) is 1.06. The number of hydrogen-bond acceptors (Lipinski definition) is 2. The molecule has 0 unspecified atom stereocenters. The van der Waals surface area contributed by atoms with Gasteiger partial charge in [0, 0.05) is 0 Å². The van der Waals surface area contributed by atoms with Gasteiger partial charge in [0.2, 0.25) is 0 Å². The Labute approximate surface area is 118 Å². The van der Waals surface area contributed by atoms with E-state index in [1.807, 2.05) is 6.92 Å². The van der Waals surface area contributed by atoms with E-state index in [0.717, 1.165) is 12.8 Å². The van der Waals surface area contributed by atoms with Gasteiger partial charge in [-0.15, -0.1) is 6.61 Å². The maximum absolute atomic E-state index is 9.53. The fraction of sp³-hybridized carbons (Fsp3) is 1.00. The second kappa shape index (κ2) is 10.1. The van der Waals surface area contributed by atoms with E-state index in [0.29, 0.717) is 0 Å². The Hall–Kier alpha value is 0.920. The number of rotatable bonds is 2. The Morgan fingerprint density at radius 1 is 0.933 bits per heavy atom. The summed E-state index contributed by atoms with van der Waals surface area (Å²) < 4.78 is 5.62. The van der Waals surface area contributed by atoms with E-state index in [9.17, 15) is 5.11 Å². The maximum Gasteiger partial charge on any atom is 1.00 e. The van der Waals surface area contributed by atoms with Crippen LogP contribution in [0.2, 0.25) is 0 Å². The average Bonchev–Trinajstić information content (AvgIpc) is 1.81. The van der Waals surface area contributed by atoms with E-state index < -0.39 is 0 Å². The second-order valence-corrected chi connectivity index (χ2v) is 5.38. The molecule has 15 heavy (non-hydrogen) atoms. The molecule has 0 aromatic heterocycles. The van der Waals surface area contributed by atoms with Crippen molar-refractivity contribution in [1.29, 1.82) is 0 Å². The van der Waals surface area contributed by atoms with Gasteiger partial charge in [-0.25, -0.2) is 0 Å². The quantitative estimate of drug-likeness (QED) is 0.608. The van der Waals surface area contributed by atoms with Gasteiger partial charge in [0.05, 0.1) is 11.2 Å². The van der Waals surface area contributed by atoms with Gasteiger partial charge in [-0.05, 0) is 41.5 Å². The third-order valence-corrected chi connectivity index (χ3v) is 1.11. The summed E-state index contributed by atoms with van der Waals surface area (Å²) in [6, 6.07) is 0. The van der Waals surface area contributed by atoms with Gasteiger partial charge in [-0.1, -0.05) is 19.8 Å². The van der Waals surface area contributed by atoms with Crippen LogP contribution in [0.15, 0.2) is 0 Å². The van der Waals surface area contributed by atoms with Crippen LogP contribution in [-0.4, -0.2) is 17.8 Å². The zero-order valence-electron chi connectivity index (χ0n) is 11.9. The van der Waals surface area contributed by atoms with Gasteiger partial charge < -0.3 is 9.84 Å². The van der Waals surface area contributed by atoms with E-state index in [-0.39, 0.29) is 47.4 Å². The van der Waals surface area contributed by atoms with E-state index >= 15 is 0 Å². The summed E-state index contributed by atoms with van der Waals surface area (Å²) in [5, 5.41) is 9.53. The Kier molecular flexibility index (Phi) is 14.3. The molecule has 0 atom stereocenters. The van der Waals surface area contributed by atoms with Crippen LogP contribution in [0.5, 0.6) is 0 Å². The van der Waals surface area contributed by atoms with Crippen LogP contribution in [0.1, 0.15) is 61.3 Å². The third kappa shape index (κ3) is 31.3. The molecule has 0 spiro atoms. The zero-order chi connectivity index (χ0) is 11.8. The molecule has 0 fully saturated rings. The average molecular weight is 226 g/mol. The molecule has 0 aliphatic carbocycles. The monoisotopic (exact) mass is 226 g/mol. The third-order valence-electron chi connectivity index (χ3n) is 1.11. The van der Waals surface area contributed by atoms with Crippen LogP contribution in [0, 0.1) is 0 Å². The van der Waals surface area contributed by atoms with Gasteiger partial charge >= 0.3 is 29.6 Å². The van der Waals surface area contributed by atoms with Crippen molar-refractivity contribution in [3.05, 3.63) is 0 Å². The van der Waals surface area contributed by atoms with Gasteiger partial charge in [-0.2, -0.15) is 0 Å². The SMILES string of the molecule is CC(C)(C)OC(C)(C)C.CCCC[O-].[Na+]. The van der Waals surface area contributed by atoms with Crippen molar-refractivity contribution in [3.8, 4) is 0 Å². The summed E-state index contributed by atoms with van der Waals surface area (Å²) in [5.74, 6) is 0. The van der Waals surface area contributed by atoms with Crippen molar-refractivity contribution in [2.75, 3.05) is 6.61 Å². The first-order chi connectivity index (χ1) is 6.12. The summed E-state index contributed by atoms with van der Waals surface area (Å²) in [5.41, 5.74) is -0.0312. The van der Waals surface area contributed by atoms with Crippen LogP contribution < -0.4 is 34.7 Å². The molecule has 0 aliphatic rings. The molecule has 0 aliphatic heterocycles. The van der Waals surface area contributed by atoms with E-state index in [2.05, 4.69) is 41.5 Å². The van der Waals surface area contributed by atoms with Crippen molar-refractivity contribution in [3.63, 3.8) is 0 Å². The molecular formula is C12H27NaO2. The van der Waals surface area contributed by atoms with Gasteiger partial charge in [-0.3, -0.25) is 0 Å².